The van der Waals surface area contributed by atoms with Crippen LogP contribution in [0.25, 0.3) is 17.3 Å². The Balaban J connectivity index is 1.62. The number of aromatic nitrogens is 2. The summed E-state index contributed by atoms with van der Waals surface area (Å²) in [5.74, 6) is -0.157. The van der Waals surface area contributed by atoms with Crippen molar-refractivity contribution in [3.63, 3.8) is 0 Å². The molecule has 2 aliphatic rings. The summed E-state index contributed by atoms with van der Waals surface area (Å²) in [5.41, 5.74) is 7.34. The molecule has 1 saturated heterocycles. The van der Waals surface area contributed by atoms with E-state index in [2.05, 4.69) is 32.8 Å². The molecule has 1 aliphatic carbocycles. The van der Waals surface area contributed by atoms with Gasteiger partial charge in [-0.15, -0.1) is 11.3 Å². The van der Waals surface area contributed by atoms with E-state index >= 15 is 0 Å². The molecule has 2 aromatic heterocycles. The van der Waals surface area contributed by atoms with Gasteiger partial charge in [0, 0.05) is 33.0 Å². The average Bonchev–Trinajstić information content (AvgIpc) is 3.39. The Kier molecular flexibility index (Phi) is 6.95. The molecular weight excluding hydrogens is 543 g/mol. The molecule has 1 N–H and O–H groups in total. The van der Waals surface area contributed by atoms with E-state index in [1.165, 1.54) is 6.42 Å². The lowest BCUT2D eigenvalue weighted by Crippen LogP contribution is -2.45. The number of halogens is 3. The molecule has 33 heavy (non-hydrogen) atoms. The van der Waals surface area contributed by atoms with Crippen molar-refractivity contribution in [1.29, 1.82) is 0 Å². The van der Waals surface area contributed by atoms with Crippen molar-refractivity contribution in [1.82, 2.24) is 20.2 Å². The van der Waals surface area contributed by atoms with Gasteiger partial charge < -0.3 is 0 Å². The van der Waals surface area contributed by atoms with Crippen LogP contribution in [0, 0.1) is 0 Å². The Morgan fingerprint density at radius 2 is 1.94 bits per heavy atom. The molecule has 0 spiro atoms. The van der Waals surface area contributed by atoms with Gasteiger partial charge in [-0.1, -0.05) is 29.6 Å². The number of benzene rings is 1. The zero-order valence-electron chi connectivity index (χ0n) is 17.9. The van der Waals surface area contributed by atoms with Gasteiger partial charge in [0.15, 0.2) is 5.69 Å². The second-order valence-corrected chi connectivity index (χ2v) is 11.0. The molecule has 3 heterocycles. The van der Waals surface area contributed by atoms with Crippen LogP contribution < -0.4 is 5.43 Å². The van der Waals surface area contributed by atoms with E-state index in [4.69, 9.17) is 28.3 Å². The van der Waals surface area contributed by atoms with Crippen LogP contribution in [0.15, 0.2) is 34.1 Å². The number of nitrogens with one attached hydrogen (secondary N) is 1. The Hall–Kier alpha value is -1.64. The maximum absolute atomic E-state index is 13.3. The minimum absolute atomic E-state index is 0.157. The van der Waals surface area contributed by atoms with Crippen LogP contribution >= 0.6 is 50.5 Å². The number of nitrogens with zero attached hydrogens (tertiary/aromatic N) is 3. The van der Waals surface area contributed by atoms with Gasteiger partial charge >= 0.3 is 0 Å². The minimum Gasteiger partial charge on any atom is -0.283 e. The fourth-order valence-corrected chi connectivity index (χ4v) is 6.44. The molecule has 5 rings (SSSR count). The van der Waals surface area contributed by atoms with E-state index in [-0.39, 0.29) is 5.91 Å². The van der Waals surface area contributed by atoms with Gasteiger partial charge in [-0.2, -0.15) is 5.10 Å². The first-order chi connectivity index (χ1) is 16.0. The molecular formula is C24H23BrCl2N4OS. The number of hydrazine groups is 1. The van der Waals surface area contributed by atoms with Crippen LogP contribution in [0.2, 0.25) is 10.0 Å². The topological polar surface area (TPSA) is 50.2 Å². The van der Waals surface area contributed by atoms with E-state index in [1.807, 2.05) is 21.8 Å². The van der Waals surface area contributed by atoms with Crippen LogP contribution in [0.1, 0.15) is 58.7 Å². The second kappa shape index (κ2) is 9.92. The summed E-state index contributed by atoms with van der Waals surface area (Å²) in [6, 6.07) is 7.41. The predicted octanol–water partition coefficient (Wildman–Crippen LogP) is 7.01. The molecule has 1 aromatic carbocycles. The highest BCUT2D eigenvalue weighted by molar-refractivity contribution is 9.10. The lowest BCUT2D eigenvalue weighted by molar-refractivity contribution is 0.0743. The summed E-state index contributed by atoms with van der Waals surface area (Å²) in [7, 11) is 0. The third kappa shape index (κ3) is 4.80. The number of carbonyl (C=O) groups is 1. The Bertz CT molecular complexity index is 1230. The summed E-state index contributed by atoms with van der Waals surface area (Å²) in [5, 5.41) is 9.95. The summed E-state index contributed by atoms with van der Waals surface area (Å²) >= 11 is 18.1. The zero-order chi connectivity index (χ0) is 22.9. The number of fused-ring (bicyclic) bond motifs is 1. The van der Waals surface area contributed by atoms with Crippen LogP contribution in [0.4, 0.5) is 0 Å². The van der Waals surface area contributed by atoms with Crippen LogP contribution in [-0.4, -0.2) is 33.8 Å². The quantitative estimate of drug-likeness (QED) is 0.370. The summed E-state index contributed by atoms with van der Waals surface area (Å²) in [6.45, 7) is 1.74. The third-order valence-electron chi connectivity index (χ3n) is 6.08. The largest absolute Gasteiger partial charge is 0.286 e. The molecule has 0 radical (unpaired) electrons. The molecule has 1 aliphatic heterocycles. The van der Waals surface area contributed by atoms with Gasteiger partial charge in [-0.25, -0.2) is 9.69 Å². The molecule has 172 valence electrons. The normalized spacial score (nSPS) is 17.8. The van der Waals surface area contributed by atoms with E-state index in [0.29, 0.717) is 21.4 Å². The summed E-state index contributed by atoms with van der Waals surface area (Å²) < 4.78 is 2.89. The van der Waals surface area contributed by atoms with Gasteiger partial charge in [0.2, 0.25) is 0 Å². The molecule has 1 fully saturated rings. The van der Waals surface area contributed by atoms with E-state index in [0.717, 1.165) is 71.4 Å². The average molecular weight is 566 g/mol. The summed E-state index contributed by atoms with van der Waals surface area (Å²) in [6.07, 6.45) is 8.25. The highest BCUT2D eigenvalue weighted by Crippen LogP contribution is 2.39. The standard InChI is InChI=1S/C24H23BrCl2N4OS/c25-18-9-12-33-21(18)13-15-5-4-6-17-22(24(32)29-30-10-2-1-3-11-30)28-31(23(15)17)20-8-7-16(26)14-19(20)27/h7-9,12-14H,1-6,10-11H2,(H,29,32)/b15-13+. The monoisotopic (exact) mass is 564 g/mol. The number of hydrogen-bond acceptors (Lipinski definition) is 4. The predicted molar refractivity (Wildman–Crippen MR) is 139 cm³/mol. The highest BCUT2D eigenvalue weighted by atomic mass is 79.9. The van der Waals surface area contributed by atoms with Crippen molar-refractivity contribution >= 4 is 68.0 Å². The molecule has 5 nitrogen and oxygen atoms in total. The zero-order valence-corrected chi connectivity index (χ0v) is 21.8. The van der Waals surface area contributed by atoms with Crippen molar-refractivity contribution in [2.45, 2.75) is 38.5 Å². The first-order valence-electron chi connectivity index (χ1n) is 11.1. The molecule has 0 unspecified atom stereocenters. The smallest absolute Gasteiger partial charge is 0.283 e. The second-order valence-electron chi connectivity index (χ2n) is 8.33. The number of hydrogen-bond donors (Lipinski definition) is 1. The number of allylic oxidation sites excluding steroid dienone is 1. The van der Waals surface area contributed by atoms with Crippen molar-refractivity contribution in [2.75, 3.05) is 13.1 Å². The number of amides is 1. The van der Waals surface area contributed by atoms with Gasteiger partial charge in [-0.3, -0.25) is 10.2 Å². The van der Waals surface area contributed by atoms with Gasteiger partial charge in [0.1, 0.15) is 0 Å². The Labute approximate surface area is 215 Å². The number of piperidine rings is 1. The van der Waals surface area contributed by atoms with Crippen molar-refractivity contribution in [3.8, 4) is 5.69 Å². The first-order valence-corrected chi connectivity index (χ1v) is 13.5. The van der Waals surface area contributed by atoms with Gasteiger partial charge in [0.25, 0.3) is 5.91 Å². The lowest BCUT2D eigenvalue weighted by Gasteiger charge is -2.26. The fourth-order valence-electron chi connectivity index (χ4n) is 4.51. The fraction of sp³-hybridized carbons (Fsp3) is 0.333. The Morgan fingerprint density at radius 1 is 1.12 bits per heavy atom. The maximum Gasteiger partial charge on any atom is 0.286 e. The molecule has 1 amide bonds. The molecule has 0 saturated carbocycles. The number of thiophene rings is 1. The maximum atomic E-state index is 13.3. The van der Waals surface area contributed by atoms with E-state index in [1.54, 1.807) is 23.5 Å². The lowest BCUT2D eigenvalue weighted by atomic mass is 9.90. The van der Waals surface area contributed by atoms with Crippen LogP contribution in [-0.2, 0) is 6.42 Å². The highest BCUT2D eigenvalue weighted by Gasteiger charge is 2.30. The van der Waals surface area contributed by atoms with E-state index < -0.39 is 0 Å². The first kappa shape index (κ1) is 23.1. The summed E-state index contributed by atoms with van der Waals surface area (Å²) in [4.78, 5) is 14.5. The minimum atomic E-state index is -0.157. The van der Waals surface area contributed by atoms with Gasteiger partial charge in [-0.05, 0) is 89.3 Å². The molecule has 0 atom stereocenters. The van der Waals surface area contributed by atoms with Crippen LogP contribution in [0.3, 0.4) is 0 Å². The van der Waals surface area contributed by atoms with Crippen molar-refractivity contribution < 1.29 is 4.79 Å². The molecule has 9 heteroatoms. The van der Waals surface area contributed by atoms with Crippen molar-refractivity contribution in [3.05, 3.63) is 66.0 Å². The molecule has 0 bridgehead atoms. The van der Waals surface area contributed by atoms with Crippen LogP contribution in [0.5, 0.6) is 0 Å². The Morgan fingerprint density at radius 3 is 2.67 bits per heavy atom. The number of carbonyl (C=O) groups excluding carboxylic acids is 1. The third-order valence-corrected chi connectivity index (χ3v) is 8.44. The van der Waals surface area contributed by atoms with Gasteiger partial charge in [0.05, 0.1) is 16.4 Å². The van der Waals surface area contributed by atoms with Crippen molar-refractivity contribution in [2.24, 2.45) is 0 Å². The molecule has 3 aromatic rings. The SMILES string of the molecule is O=C(NN1CCCCC1)c1nn(-c2ccc(Cl)cc2Cl)c2c1CCC/C2=C\c1sccc1Br. The van der Waals surface area contributed by atoms with E-state index in [9.17, 15) is 4.79 Å². The number of rotatable bonds is 4.